The Morgan fingerprint density at radius 2 is 1.96 bits per heavy atom. The lowest BCUT2D eigenvalue weighted by molar-refractivity contribution is -0.123. The van der Waals surface area contributed by atoms with Crippen LogP contribution < -0.4 is 16.0 Å². The van der Waals surface area contributed by atoms with E-state index in [-0.39, 0.29) is 5.56 Å². The molecule has 1 saturated heterocycles. The zero-order chi connectivity index (χ0) is 18.2. The predicted octanol–water partition coefficient (Wildman–Crippen LogP) is 2.90. The molecule has 8 heteroatoms. The number of anilines is 1. The third-order valence-electron chi connectivity index (χ3n) is 3.92. The molecule has 0 spiro atoms. The van der Waals surface area contributed by atoms with E-state index in [4.69, 9.17) is 0 Å². The molecule has 0 radical (unpaired) electrons. The van der Waals surface area contributed by atoms with Crippen LogP contribution >= 0.6 is 15.9 Å². The van der Waals surface area contributed by atoms with E-state index in [1.54, 1.807) is 31.2 Å². The average molecular weight is 406 g/mol. The molecular weight excluding hydrogens is 393 g/mol. The largest absolute Gasteiger partial charge is 0.322 e. The molecule has 25 heavy (non-hydrogen) atoms. The van der Waals surface area contributed by atoms with Crippen LogP contribution in [0.1, 0.15) is 22.8 Å². The first kappa shape index (κ1) is 17.1. The number of hydrogen-bond donors (Lipinski definition) is 3. The third-order valence-corrected chi connectivity index (χ3v) is 4.61. The predicted molar refractivity (Wildman–Crippen MR) is 92.5 cm³/mol. The normalized spacial score (nSPS) is 19.3. The molecule has 0 aliphatic carbocycles. The van der Waals surface area contributed by atoms with Gasteiger partial charge in [-0.1, -0.05) is 12.1 Å². The zero-order valence-electron chi connectivity index (χ0n) is 13.0. The van der Waals surface area contributed by atoms with Crippen molar-refractivity contribution in [1.29, 1.82) is 0 Å². The summed E-state index contributed by atoms with van der Waals surface area (Å²) in [6, 6.07) is 9.75. The quantitative estimate of drug-likeness (QED) is 0.686. The van der Waals surface area contributed by atoms with Crippen molar-refractivity contribution in [3.63, 3.8) is 0 Å². The zero-order valence-corrected chi connectivity index (χ0v) is 14.6. The maximum absolute atomic E-state index is 13.4. The van der Waals surface area contributed by atoms with Gasteiger partial charge in [-0.25, -0.2) is 9.18 Å². The molecule has 2 aromatic carbocycles. The average Bonchev–Trinajstić information content (AvgIpc) is 2.83. The van der Waals surface area contributed by atoms with E-state index >= 15 is 0 Å². The number of nitrogens with one attached hydrogen (secondary N) is 3. The van der Waals surface area contributed by atoms with E-state index in [9.17, 15) is 18.8 Å². The van der Waals surface area contributed by atoms with Gasteiger partial charge >= 0.3 is 6.03 Å². The number of carbonyl (C=O) groups excluding carboxylic acids is 3. The van der Waals surface area contributed by atoms with Crippen molar-refractivity contribution in [1.82, 2.24) is 10.6 Å². The van der Waals surface area contributed by atoms with Gasteiger partial charge in [0.25, 0.3) is 11.8 Å². The van der Waals surface area contributed by atoms with E-state index in [0.29, 0.717) is 15.7 Å². The molecule has 128 valence electrons. The van der Waals surface area contributed by atoms with Crippen LogP contribution in [0.3, 0.4) is 0 Å². The number of imide groups is 1. The van der Waals surface area contributed by atoms with E-state index in [1.165, 1.54) is 12.1 Å². The summed E-state index contributed by atoms with van der Waals surface area (Å²) in [5.41, 5.74) is -0.165. The van der Waals surface area contributed by atoms with Crippen LogP contribution in [-0.2, 0) is 10.3 Å². The van der Waals surface area contributed by atoms with Crippen LogP contribution in [0.5, 0.6) is 0 Å². The van der Waals surface area contributed by atoms with Crippen LogP contribution in [0, 0.1) is 5.82 Å². The van der Waals surface area contributed by atoms with Gasteiger partial charge in [0.05, 0.1) is 5.56 Å². The second kappa shape index (κ2) is 6.29. The Bertz CT molecular complexity index is 902. The third kappa shape index (κ3) is 3.25. The summed E-state index contributed by atoms with van der Waals surface area (Å²) in [5, 5.41) is 7.39. The molecule has 3 N–H and O–H groups in total. The van der Waals surface area contributed by atoms with Crippen molar-refractivity contribution >= 4 is 39.5 Å². The number of hydrogen-bond acceptors (Lipinski definition) is 3. The second-order valence-corrected chi connectivity index (χ2v) is 6.55. The van der Waals surface area contributed by atoms with Gasteiger partial charge < -0.3 is 10.6 Å². The maximum atomic E-state index is 13.4. The van der Waals surface area contributed by atoms with Gasteiger partial charge in [-0.05, 0) is 58.7 Å². The van der Waals surface area contributed by atoms with Gasteiger partial charge in [-0.3, -0.25) is 14.9 Å². The molecule has 2 aromatic rings. The van der Waals surface area contributed by atoms with Crippen molar-refractivity contribution in [2.45, 2.75) is 12.5 Å². The van der Waals surface area contributed by atoms with Gasteiger partial charge in [0, 0.05) is 10.2 Å². The lowest BCUT2D eigenvalue weighted by Crippen LogP contribution is -2.40. The molecule has 6 nitrogen and oxygen atoms in total. The molecule has 0 bridgehead atoms. The van der Waals surface area contributed by atoms with Crippen LogP contribution in [0.25, 0.3) is 0 Å². The van der Waals surface area contributed by atoms with E-state index in [2.05, 4.69) is 31.9 Å². The maximum Gasteiger partial charge on any atom is 0.322 e. The van der Waals surface area contributed by atoms with Crippen molar-refractivity contribution in [2.75, 3.05) is 5.32 Å². The Balaban J connectivity index is 1.87. The lowest BCUT2D eigenvalue weighted by Gasteiger charge is -2.21. The first-order valence-corrected chi connectivity index (χ1v) is 8.09. The van der Waals surface area contributed by atoms with Crippen molar-refractivity contribution < 1.29 is 18.8 Å². The van der Waals surface area contributed by atoms with Crippen molar-refractivity contribution in [3.05, 3.63) is 63.9 Å². The number of urea groups is 1. The Morgan fingerprint density at radius 3 is 2.64 bits per heavy atom. The summed E-state index contributed by atoms with van der Waals surface area (Å²) in [6.07, 6.45) is 0. The molecular formula is C17H13BrFN3O3. The highest BCUT2D eigenvalue weighted by Gasteiger charge is 2.43. The van der Waals surface area contributed by atoms with Gasteiger partial charge in [-0.15, -0.1) is 0 Å². The SMILES string of the molecule is C[C@]1(c2cccc(NC(=O)c3cc(F)ccc3Br)c2)NC(=O)NC1=O. The minimum atomic E-state index is -1.22. The minimum Gasteiger partial charge on any atom is -0.322 e. The molecule has 1 heterocycles. The summed E-state index contributed by atoms with van der Waals surface area (Å²) in [4.78, 5) is 35.8. The highest BCUT2D eigenvalue weighted by Crippen LogP contribution is 2.27. The van der Waals surface area contributed by atoms with E-state index < -0.39 is 29.2 Å². The second-order valence-electron chi connectivity index (χ2n) is 5.69. The molecule has 1 aliphatic rings. The molecule has 1 atom stereocenters. The summed E-state index contributed by atoms with van der Waals surface area (Å²) >= 11 is 3.21. The van der Waals surface area contributed by atoms with Crippen LogP contribution in [0.2, 0.25) is 0 Å². The molecule has 0 aromatic heterocycles. The van der Waals surface area contributed by atoms with Gasteiger partial charge in [0.2, 0.25) is 0 Å². The Kier molecular flexibility index (Phi) is 4.30. The molecule has 0 saturated carbocycles. The summed E-state index contributed by atoms with van der Waals surface area (Å²) in [6.45, 7) is 1.57. The fourth-order valence-corrected chi connectivity index (χ4v) is 2.95. The topological polar surface area (TPSA) is 87.3 Å². The molecule has 1 fully saturated rings. The minimum absolute atomic E-state index is 0.142. The first-order chi connectivity index (χ1) is 11.8. The first-order valence-electron chi connectivity index (χ1n) is 7.30. The monoisotopic (exact) mass is 405 g/mol. The van der Waals surface area contributed by atoms with Crippen molar-refractivity contribution in [2.24, 2.45) is 0 Å². The highest BCUT2D eigenvalue weighted by molar-refractivity contribution is 9.10. The number of amides is 4. The summed E-state index contributed by atoms with van der Waals surface area (Å²) in [5.74, 6) is -1.51. The lowest BCUT2D eigenvalue weighted by atomic mass is 9.92. The smallest absolute Gasteiger partial charge is 0.322 e. The van der Waals surface area contributed by atoms with E-state index in [1.807, 2.05) is 0 Å². The Hall–Kier alpha value is -2.74. The van der Waals surface area contributed by atoms with Gasteiger partial charge in [-0.2, -0.15) is 0 Å². The van der Waals surface area contributed by atoms with Crippen LogP contribution in [-0.4, -0.2) is 17.8 Å². The van der Waals surface area contributed by atoms with Gasteiger partial charge in [0.15, 0.2) is 0 Å². The Morgan fingerprint density at radius 1 is 1.20 bits per heavy atom. The Labute approximate surface area is 150 Å². The number of carbonyl (C=O) groups is 3. The fraction of sp³-hybridized carbons (Fsp3) is 0.118. The number of benzene rings is 2. The van der Waals surface area contributed by atoms with Gasteiger partial charge in [0.1, 0.15) is 11.4 Å². The summed E-state index contributed by atoms with van der Waals surface area (Å²) in [7, 11) is 0. The highest BCUT2D eigenvalue weighted by atomic mass is 79.9. The number of rotatable bonds is 3. The molecule has 0 unspecified atom stereocenters. The van der Waals surface area contributed by atoms with Crippen LogP contribution in [0.15, 0.2) is 46.9 Å². The van der Waals surface area contributed by atoms with Crippen LogP contribution in [0.4, 0.5) is 14.9 Å². The molecule has 1 aliphatic heterocycles. The fourth-order valence-electron chi connectivity index (χ4n) is 2.52. The molecule has 3 rings (SSSR count). The number of halogens is 2. The molecule has 4 amide bonds. The summed E-state index contributed by atoms with van der Waals surface area (Å²) < 4.78 is 13.8. The van der Waals surface area contributed by atoms with E-state index in [0.717, 1.165) is 6.07 Å². The van der Waals surface area contributed by atoms with Crippen molar-refractivity contribution in [3.8, 4) is 0 Å². The standard InChI is InChI=1S/C17H13BrFN3O3/c1-17(15(24)21-16(25)22-17)9-3-2-4-11(7-9)20-14(23)12-8-10(19)5-6-13(12)18/h2-8H,1H3,(H,20,23)(H2,21,22,24,25)/t17-/m1/s1.